The van der Waals surface area contributed by atoms with Crippen LogP contribution in [0.25, 0.3) is 0 Å². The molecule has 1 saturated heterocycles. The van der Waals surface area contributed by atoms with E-state index in [9.17, 15) is 8.42 Å². The average molecular weight is 221 g/mol. The summed E-state index contributed by atoms with van der Waals surface area (Å²) >= 11 is 0. The fourth-order valence-electron chi connectivity index (χ4n) is 1.72. The lowest BCUT2D eigenvalue weighted by Crippen LogP contribution is -2.43. The van der Waals surface area contributed by atoms with Crippen LogP contribution in [0.15, 0.2) is 0 Å². The summed E-state index contributed by atoms with van der Waals surface area (Å²) in [6.07, 6.45) is 0.922. The molecular formula is C9H19NO3S. The Labute approximate surface area is 86.0 Å². The van der Waals surface area contributed by atoms with E-state index < -0.39 is 10.0 Å². The molecule has 0 spiro atoms. The van der Waals surface area contributed by atoms with E-state index in [4.69, 9.17) is 5.11 Å². The zero-order valence-corrected chi connectivity index (χ0v) is 9.63. The summed E-state index contributed by atoms with van der Waals surface area (Å²) in [5.41, 5.74) is 0. The highest BCUT2D eigenvalue weighted by atomic mass is 32.2. The quantitative estimate of drug-likeness (QED) is 0.745. The highest BCUT2D eigenvalue weighted by molar-refractivity contribution is 7.89. The van der Waals surface area contributed by atoms with E-state index in [2.05, 4.69) is 13.8 Å². The Bertz CT molecular complexity index is 276. The second-order valence-corrected chi connectivity index (χ2v) is 6.23. The standard InChI is InChI=1S/C9H19NO3S/c1-8-3-4-10(7-9(8)2)14(12,13)6-5-11/h8-9,11H,3-7H2,1-2H3. The number of aliphatic hydroxyl groups excluding tert-OH is 1. The third kappa shape index (κ3) is 2.68. The van der Waals surface area contributed by atoms with E-state index in [-0.39, 0.29) is 12.4 Å². The Morgan fingerprint density at radius 3 is 2.50 bits per heavy atom. The molecule has 14 heavy (non-hydrogen) atoms. The molecule has 1 aliphatic heterocycles. The molecule has 2 unspecified atom stereocenters. The zero-order valence-electron chi connectivity index (χ0n) is 8.81. The van der Waals surface area contributed by atoms with Gasteiger partial charge in [0, 0.05) is 13.1 Å². The second kappa shape index (κ2) is 4.59. The van der Waals surface area contributed by atoms with Gasteiger partial charge in [0.2, 0.25) is 10.0 Å². The van der Waals surface area contributed by atoms with Crippen LogP contribution in [0.3, 0.4) is 0 Å². The largest absolute Gasteiger partial charge is 0.395 e. The van der Waals surface area contributed by atoms with E-state index in [1.807, 2.05) is 0 Å². The van der Waals surface area contributed by atoms with Crippen LogP contribution in [0, 0.1) is 11.8 Å². The van der Waals surface area contributed by atoms with E-state index in [1.54, 1.807) is 0 Å². The van der Waals surface area contributed by atoms with Gasteiger partial charge in [0.1, 0.15) is 0 Å². The van der Waals surface area contributed by atoms with Gasteiger partial charge in [-0.2, -0.15) is 0 Å². The molecule has 0 aromatic rings. The first-order valence-corrected chi connectivity index (χ1v) is 6.67. The molecule has 1 aliphatic rings. The van der Waals surface area contributed by atoms with E-state index >= 15 is 0 Å². The van der Waals surface area contributed by atoms with Crippen molar-refractivity contribution < 1.29 is 13.5 Å². The SMILES string of the molecule is CC1CCN(S(=O)(=O)CCO)CC1C. The summed E-state index contributed by atoms with van der Waals surface area (Å²) in [6.45, 7) is 5.14. The number of sulfonamides is 1. The lowest BCUT2D eigenvalue weighted by atomic mass is 9.90. The Morgan fingerprint density at radius 1 is 1.36 bits per heavy atom. The van der Waals surface area contributed by atoms with Gasteiger partial charge >= 0.3 is 0 Å². The third-order valence-corrected chi connectivity index (χ3v) is 4.86. The monoisotopic (exact) mass is 221 g/mol. The number of hydrogen-bond donors (Lipinski definition) is 1. The average Bonchev–Trinajstić information content (AvgIpc) is 2.09. The lowest BCUT2D eigenvalue weighted by Gasteiger charge is -2.34. The topological polar surface area (TPSA) is 57.6 Å². The predicted molar refractivity (Wildman–Crippen MR) is 55.4 cm³/mol. The molecule has 0 aliphatic carbocycles. The summed E-state index contributed by atoms with van der Waals surface area (Å²) in [7, 11) is -3.21. The van der Waals surface area contributed by atoms with Gasteiger partial charge < -0.3 is 5.11 Å². The van der Waals surface area contributed by atoms with Gasteiger partial charge in [-0.3, -0.25) is 0 Å². The molecule has 4 nitrogen and oxygen atoms in total. The van der Waals surface area contributed by atoms with Crippen molar-refractivity contribution in [3.8, 4) is 0 Å². The highest BCUT2D eigenvalue weighted by Crippen LogP contribution is 2.24. The van der Waals surface area contributed by atoms with Gasteiger partial charge in [-0.05, 0) is 18.3 Å². The number of hydrogen-bond acceptors (Lipinski definition) is 3. The van der Waals surface area contributed by atoms with Crippen LogP contribution >= 0.6 is 0 Å². The minimum Gasteiger partial charge on any atom is -0.395 e. The fourth-order valence-corrected chi connectivity index (χ4v) is 3.06. The van der Waals surface area contributed by atoms with Gasteiger partial charge in [-0.1, -0.05) is 13.8 Å². The summed E-state index contributed by atoms with van der Waals surface area (Å²) in [5.74, 6) is 0.862. The number of nitrogens with zero attached hydrogens (tertiary/aromatic N) is 1. The molecule has 1 N–H and O–H groups in total. The van der Waals surface area contributed by atoms with E-state index in [1.165, 1.54) is 4.31 Å². The summed E-state index contributed by atoms with van der Waals surface area (Å²) in [5, 5.41) is 8.64. The van der Waals surface area contributed by atoms with Gasteiger partial charge in [0.15, 0.2) is 0 Å². The molecule has 0 aromatic heterocycles. The molecule has 1 fully saturated rings. The number of piperidine rings is 1. The molecule has 0 bridgehead atoms. The maximum absolute atomic E-state index is 11.6. The van der Waals surface area contributed by atoms with Gasteiger partial charge in [-0.25, -0.2) is 12.7 Å². The molecule has 1 heterocycles. The highest BCUT2D eigenvalue weighted by Gasteiger charge is 2.29. The van der Waals surface area contributed by atoms with Gasteiger partial charge in [-0.15, -0.1) is 0 Å². The normalized spacial score (nSPS) is 30.5. The Kier molecular flexibility index (Phi) is 3.92. The van der Waals surface area contributed by atoms with Crippen molar-refractivity contribution >= 4 is 10.0 Å². The summed E-state index contributed by atoms with van der Waals surface area (Å²) < 4.78 is 24.7. The van der Waals surface area contributed by atoms with Crippen molar-refractivity contribution in [3.63, 3.8) is 0 Å². The molecule has 0 amide bonds. The molecule has 1 rings (SSSR count). The molecule has 84 valence electrons. The van der Waals surface area contributed by atoms with Crippen molar-refractivity contribution in [2.45, 2.75) is 20.3 Å². The van der Waals surface area contributed by atoms with Crippen LogP contribution in [-0.2, 0) is 10.0 Å². The minimum atomic E-state index is -3.21. The summed E-state index contributed by atoms with van der Waals surface area (Å²) in [6, 6.07) is 0. The molecule has 0 aromatic carbocycles. The van der Waals surface area contributed by atoms with Crippen LogP contribution in [0.4, 0.5) is 0 Å². The first kappa shape index (κ1) is 11.9. The Morgan fingerprint density at radius 2 is 2.00 bits per heavy atom. The fraction of sp³-hybridized carbons (Fsp3) is 1.00. The van der Waals surface area contributed by atoms with Crippen molar-refractivity contribution in [2.24, 2.45) is 11.8 Å². The van der Waals surface area contributed by atoms with Crippen molar-refractivity contribution in [2.75, 3.05) is 25.4 Å². The first-order chi connectivity index (χ1) is 6.47. The first-order valence-electron chi connectivity index (χ1n) is 5.06. The van der Waals surface area contributed by atoms with Crippen LogP contribution in [-0.4, -0.2) is 43.3 Å². The zero-order chi connectivity index (χ0) is 10.8. The maximum Gasteiger partial charge on any atom is 0.216 e. The predicted octanol–water partition coefficient (Wildman–Crippen LogP) is 0.286. The van der Waals surface area contributed by atoms with Crippen molar-refractivity contribution in [1.29, 1.82) is 0 Å². The molecule has 0 radical (unpaired) electrons. The van der Waals surface area contributed by atoms with Crippen LogP contribution in [0.1, 0.15) is 20.3 Å². The Hall–Kier alpha value is -0.130. The van der Waals surface area contributed by atoms with Gasteiger partial charge in [0.05, 0.1) is 12.4 Å². The smallest absolute Gasteiger partial charge is 0.216 e. The van der Waals surface area contributed by atoms with E-state index in [0.29, 0.717) is 24.9 Å². The van der Waals surface area contributed by atoms with Crippen LogP contribution in [0.5, 0.6) is 0 Å². The molecule has 2 atom stereocenters. The second-order valence-electron chi connectivity index (χ2n) is 4.14. The molecular weight excluding hydrogens is 202 g/mol. The summed E-state index contributed by atoms with van der Waals surface area (Å²) in [4.78, 5) is 0. The molecule has 0 saturated carbocycles. The number of rotatable bonds is 3. The molecule has 5 heteroatoms. The minimum absolute atomic E-state index is 0.145. The Balaban J connectivity index is 2.63. The van der Waals surface area contributed by atoms with Crippen molar-refractivity contribution in [1.82, 2.24) is 4.31 Å². The van der Waals surface area contributed by atoms with E-state index in [0.717, 1.165) is 6.42 Å². The van der Waals surface area contributed by atoms with Crippen LogP contribution < -0.4 is 0 Å². The van der Waals surface area contributed by atoms with Crippen LogP contribution in [0.2, 0.25) is 0 Å². The lowest BCUT2D eigenvalue weighted by molar-refractivity contribution is 0.211. The van der Waals surface area contributed by atoms with Crippen molar-refractivity contribution in [3.05, 3.63) is 0 Å². The number of aliphatic hydroxyl groups is 1. The maximum atomic E-state index is 11.6. The van der Waals surface area contributed by atoms with Gasteiger partial charge in [0.25, 0.3) is 0 Å². The third-order valence-electron chi connectivity index (χ3n) is 3.04.